The van der Waals surface area contributed by atoms with Crippen molar-refractivity contribution < 1.29 is 19.0 Å². The molecule has 1 aliphatic heterocycles. The molecule has 0 saturated carbocycles. The number of hydrogen-bond acceptors (Lipinski definition) is 4. The Morgan fingerprint density at radius 2 is 2.04 bits per heavy atom. The Kier molecular flexibility index (Phi) is 4.81. The molecule has 0 saturated heterocycles. The third-order valence-electron chi connectivity index (χ3n) is 3.96. The Bertz CT molecular complexity index is 763. The monoisotopic (exact) mass is 347 g/mol. The number of ether oxygens (including phenoxy) is 3. The van der Waals surface area contributed by atoms with E-state index in [4.69, 9.17) is 25.8 Å². The molecule has 1 atom stereocenters. The Morgan fingerprint density at radius 3 is 2.79 bits per heavy atom. The van der Waals surface area contributed by atoms with Crippen LogP contribution in [0.5, 0.6) is 17.2 Å². The van der Waals surface area contributed by atoms with E-state index in [1.54, 1.807) is 12.1 Å². The molecular formula is C18H18ClNO4. The highest BCUT2D eigenvalue weighted by atomic mass is 35.5. The quantitative estimate of drug-likeness (QED) is 0.918. The van der Waals surface area contributed by atoms with Gasteiger partial charge in [0, 0.05) is 17.5 Å². The van der Waals surface area contributed by atoms with Gasteiger partial charge in [-0.2, -0.15) is 0 Å². The lowest BCUT2D eigenvalue weighted by Crippen LogP contribution is -2.32. The third-order valence-corrected chi connectivity index (χ3v) is 4.24. The van der Waals surface area contributed by atoms with Gasteiger partial charge < -0.3 is 19.5 Å². The highest BCUT2D eigenvalue weighted by molar-refractivity contribution is 6.32. The minimum absolute atomic E-state index is 0.102. The second-order valence-electron chi connectivity index (χ2n) is 5.39. The number of methoxy groups -OCH3 is 2. The van der Waals surface area contributed by atoms with Gasteiger partial charge in [0.25, 0.3) is 5.91 Å². The molecule has 1 N–H and O–H groups in total. The molecule has 24 heavy (non-hydrogen) atoms. The second kappa shape index (κ2) is 7.01. The molecule has 0 spiro atoms. The van der Waals surface area contributed by atoms with E-state index in [0.717, 1.165) is 11.3 Å². The van der Waals surface area contributed by atoms with Gasteiger partial charge in [-0.15, -0.1) is 0 Å². The fraction of sp³-hybridized carbons (Fsp3) is 0.278. The van der Waals surface area contributed by atoms with Gasteiger partial charge in [0.2, 0.25) is 0 Å². The van der Waals surface area contributed by atoms with Gasteiger partial charge in [0.05, 0.1) is 31.9 Å². The van der Waals surface area contributed by atoms with Crippen molar-refractivity contribution in [2.75, 3.05) is 20.8 Å². The van der Waals surface area contributed by atoms with Crippen molar-refractivity contribution in [2.45, 2.75) is 12.5 Å². The molecule has 0 unspecified atom stereocenters. The van der Waals surface area contributed by atoms with Crippen LogP contribution in [0.1, 0.15) is 28.4 Å². The van der Waals surface area contributed by atoms with E-state index in [1.807, 2.05) is 24.3 Å². The number of fused-ring (bicyclic) bond motifs is 1. The number of rotatable bonds is 4. The summed E-state index contributed by atoms with van der Waals surface area (Å²) in [4.78, 5) is 12.6. The lowest BCUT2D eigenvalue weighted by molar-refractivity contribution is 0.0924. The average Bonchev–Trinajstić information content (AvgIpc) is 2.61. The molecule has 2 aromatic carbocycles. The molecular weight excluding hydrogens is 330 g/mol. The first-order valence-electron chi connectivity index (χ1n) is 7.58. The standard InChI is InChI=1S/C18H18ClNO4/c1-22-16-10-11(9-13(19)17(16)23-2)18(21)20-14-7-8-24-15-6-4-3-5-12(14)15/h3-6,9-10,14H,7-8H2,1-2H3,(H,20,21)/t14-/m0/s1. The SMILES string of the molecule is COc1cc(C(=O)N[C@H]2CCOc3ccccc32)cc(Cl)c1OC. The zero-order valence-electron chi connectivity index (χ0n) is 13.5. The van der Waals surface area contributed by atoms with E-state index >= 15 is 0 Å². The number of carbonyl (C=O) groups is 1. The summed E-state index contributed by atoms with van der Waals surface area (Å²) >= 11 is 6.18. The first-order valence-corrected chi connectivity index (χ1v) is 7.96. The normalized spacial score (nSPS) is 15.9. The lowest BCUT2D eigenvalue weighted by atomic mass is 10.00. The number of nitrogens with one attached hydrogen (secondary N) is 1. The van der Waals surface area contributed by atoms with Crippen LogP contribution in [0, 0.1) is 0 Å². The lowest BCUT2D eigenvalue weighted by Gasteiger charge is -2.26. The summed E-state index contributed by atoms with van der Waals surface area (Å²) in [5.41, 5.74) is 1.39. The summed E-state index contributed by atoms with van der Waals surface area (Å²) in [6.45, 7) is 0.564. The Hall–Kier alpha value is -2.40. The third kappa shape index (κ3) is 3.12. The molecule has 1 amide bonds. The molecule has 3 rings (SSSR count). The fourth-order valence-corrected chi connectivity index (χ4v) is 3.07. The molecule has 2 aromatic rings. The molecule has 126 valence electrons. The van der Waals surface area contributed by atoms with Crippen molar-refractivity contribution in [1.82, 2.24) is 5.32 Å². The Morgan fingerprint density at radius 1 is 1.25 bits per heavy atom. The van der Waals surface area contributed by atoms with Crippen LogP contribution >= 0.6 is 11.6 Å². The van der Waals surface area contributed by atoms with Crippen molar-refractivity contribution in [3.63, 3.8) is 0 Å². The number of halogens is 1. The largest absolute Gasteiger partial charge is 0.493 e. The average molecular weight is 348 g/mol. The van der Waals surface area contributed by atoms with Crippen molar-refractivity contribution in [2.24, 2.45) is 0 Å². The van der Waals surface area contributed by atoms with Crippen LogP contribution < -0.4 is 19.5 Å². The number of carbonyl (C=O) groups excluding carboxylic acids is 1. The van der Waals surface area contributed by atoms with E-state index < -0.39 is 0 Å². The van der Waals surface area contributed by atoms with Crippen LogP contribution in [0.4, 0.5) is 0 Å². The zero-order valence-corrected chi connectivity index (χ0v) is 14.2. The molecule has 6 heteroatoms. The second-order valence-corrected chi connectivity index (χ2v) is 5.80. The van der Waals surface area contributed by atoms with E-state index in [0.29, 0.717) is 35.1 Å². The van der Waals surface area contributed by atoms with Crippen LogP contribution in [-0.4, -0.2) is 26.7 Å². The van der Waals surface area contributed by atoms with E-state index in [2.05, 4.69) is 5.32 Å². The van der Waals surface area contributed by atoms with Crippen LogP contribution in [0.15, 0.2) is 36.4 Å². The van der Waals surface area contributed by atoms with Crippen molar-refractivity contribution in [3.8, 4) is 17.2 Å². The first-order chi connectivity index (χ1) is 11.6. The van der Waals surface area contributed by atoms with Gasteiger partial charge in [-0.25, -0.2) is 0 Å². The van der Waals surface area contributed by atoms with Crippen LogP contribution in [0.3, 0.4) is 0 Å². The highest BCUT2D eigenvalue weighted by Gasteiger charge is 2.24. The molecule has 5 nitrogen and oxygen atoms in total. The van der Waals surface area contributed by atoms with E-state index in [-0.39, 0.29) is 11.9 Å². The Labute approximate surface area is 145 Å². The maximum absolute atomic E-state index is 12.6. The maximum Gasteiger partial charge on any atom is 0.251 e. The van der Waals surface area contributed by atoms with E-state index in [9.17, 15) is 4.79 Å². The van der Waals surface area contributed by atoms with Crippen molar-refractivity contribution in [3.05, 3.63) is 52.5 Å². The summed E-state index contributed by atoms with van der Waals surface area (Å²) < 4.78 is 16.1. The van der Waals surface area contributed by atoms with Crippen LogP contribution in [0.2, 0.25) is 5.02 Å². The van der Waals surface area contributed by atoms with Gasteiger partial charge in [-0.3, -0.25) is 4.79 Å². The highest BCUT2D eigenvalue weighted by Crippen LogP contribution is 2.36. The van der Waals surface area contributed by atoms with Gasteiger partial charge in [-0.1, -0.05) is 29.8 Å². The maximum atomic E-state index is 12.6. The number of amides is 1. The first kappa shape index (κ1) is 16.5. The van der Waals surface area contributed by atoms with Gasteiger partial charge >= 0.3 is 0 Å². The molecule has 0 aliphatic carbocycles. The van der Waals surface area contributed by atoms with Gasteiger partial charge in [0.15, 0.2) is 11.5 Å². The molecule has 0 aromatic heterocycles. The van der Waals surface area contributed by atoms with Gasteiger partial charge in [-0.05, 0) is 18.2 Å². The minimum atomic E-state index is -0.223. The summed E-state index contributed by atoms with van der Waals surface area (Å²) in [5.74, 6) is 1.41. The van der Waals surface area contributed by atoms with E-state index in [1.165, 1.54) is 14.2 Å². The minimum Gasteiger partial charge on any atom is -0.493 e. The van der Waals surface area contributed by atoms with Gasteiger partial charge in [0.1, 0.15) is 5.75 Å². The summed E-state index contributed by atoms with van der Waals surface area (Å²) in [7, 11) is 3.01. The summed E-state index contributed by atoms with van der Waals surface area (Å²) in [6.07, 6.45) is 0.712. The molecule has 0 bridgehead atoms. The molecule has 0 fully saturated rings. The van der Waals surface area contributed by atoms with Crippen molar-refractivity contribution in [1.29, 1.82) is 0 Å². The molecule has 1 aliphatic rings. The topological polar surface area (TPSA) is 56.8 Å². The predicted octanol–water partition coefficient (Wildman–Crippen LogP) is 3.61. The smallest absolute Gasteiger partial charge is 0.251 e. The molecule has 0 radical (unpaired) electrons. The fourth-order valence-electron chi connectivity index (χ4n) is 2.78. The number of hydrogen-bond donors (Lipinski definition) is 1. The zero-order chi connectivity index (χ0) is 17.1. The van der Waals surface area contributed by atoms with Crippen molar-refractivity contribution >= 4 is 17.5 Å². The number of para-hydroxylation sites is 1. The summed E-state index contributed by atoms with van der Waals surface area (Å²) in [5, 5.41) is 3.36. The number of benzene rings is 2. The predicted molar refractivity (Wildman–Crippen MR) is 91.3 cm³/mol. The van der Waals surface area contributed by atoms with Crippen LogP contribution in [0.25, 0.3) is 0 Å². The summed E-state index contributed by atoms with van der Waals surface area (Å²) in [6, 6.07) is 10.8. The Balaban J connectivity index is 1.85. The van der Waals surface area contributed by atoms with Crippen LogP contribution in [-0.2, 0) is 0 Å². The molecule has 1 heterocycles.